The van der Waals surface area contributed by atoms with E-state index in [0.717, 1.165) is 16.3 Å². The lowest BCUT2D eigenvalue weighted by Gasteiger charge is -2.15. The minimum absolute atomic E-state index is 0.337. The van der Waals surface area contributed by atoms with Crippen molar-refractivity contribution in [2.75, 3.05) is 5.73 Å². The van der Waals surface area contributed by atoms with Gasteiger partial charge < -0.3 is 5.73 Å². The molecule has 0 atom stereocenters. The molecule has 0 fully saturated rings. The molecule has 0 aliphatic heterocycles. The molecule has 9 heteroatoms. The summed E-state index contributed by atoms with van der Waals surface area (Å²) in [6.07, 6.45) is -2.90. The quantitative estimate of drug-likeness (QED) is 0.538. The number of halogens is 4. The molecule has 2 heterocycles. The molecule has 1 aromatic carbocycles. The summed E-state index contributed by atoms with van der Waals surface area (Å²) < 4.78 is 54.6. The van der Waals surface area contributed by atoms with Crippen LogP contribution in [-0.2, 0) is 12.6 Å². The second-order valence-electron chi connectivity index (χ2n) is 5.07. The van der Waals surface area contributed by atoms with Crippen LogP contribution in [0.25, 0.3) is 16.3 Å². The Kier molecular flexibility index (Phi) is 2.80. The number of hydrogen-bond donors (Lipinski definition) is 1. The Bertz CT molecular complexity index is 925. The zero-order valence-corrected chi connectivity index (χ0v) is 12.2. The fraction of sp³-hybridized carbons (Fsp3) is 0.143. The number of rotatable bonds is 1. The number of alkyl halides is 3. The summed E-state index contributed by atoms with van der Waals surface area (Å²) in [5, 5.41) is 4.36. The van der Waals surface area contributed by atoms with Crippen molar-refractivity contribution in [3.63, 3.8) is 0 Å². The van der Waals surface area contributed by atoms with Crippen LogP contribution in [0.1, 0.15) is 16.8 Å². The molecule has 0 unspecified atom stereocenters. The standard InChI is InChI=1S/C14H8F4N4S/c15-7-2-1-3-9(10(7)14(16,17)18)22-11-6(5-20-22)4-8-12(11)23-13(19)21-8/h1-3,5H,4H2,(H2,19,21). The van der Waals surface area contributed by atoms with Gasteiger partial charge in [-0.25, -0.2) is 14.1 Å². The molecule has 1 aliphatic rings. The average Bonchev–Trinajstić information content (AvgIpc) is 3.07. The van der Waals surface area contributed by atoms with Crippen molar-refractivity contribution in [1.82, 2.24) is 14.8 Å². The maximum absolute atomic E-state index is 13.8. The molecular weight excluding hydrogens is 332 g/mol. The Balaban J connectivity index is 1.98. The first-order valence-electron chi connectivity index (χ1n) is 6.55. The van der Waals surface area contributed by atoms with Gasteiger partial charge in [0.1, 0.15) is 11.4 Å². The van der Waals surface area contributed by atoms with Crippen molar-refractivity contribution >= 4 is 16.5 Å². The monoisotopic (exact) mass is 340 g/mol. The highest BCUT2D eigenvalue weighted by atomic mass is 32.1. The highest BCUT2D eigenvalue weighted by Gasteiger charge is 2.39. The maximum Gasteiger partial charge on any atom is 0.421 e. The third kappa shape index (κ3) is 2.03. The number of thiazole rings is 1. The second-order valence-corrected chi connectivity index (χ2v) is 6.10. The molecule has 23 heavy (non-hydrogen) atoms. The first kappa shape index (κ1) is 14.2. The van der Waals surface area contributed by atoms with E-state index < -0.39 is 17.6 Å². The fourth-order valence-electron chi connectivity index (χ4n) is 2.76. The van der Waals surface area contributed by atoms with Gasteiger partial charge in [-0.3, -0.25) is 0 Å². The minimum Gasteiger partial charge on any atom is -0.375 e. The largest absolute Gasteiger partial charge is 0.421 e. The molecule has 0 bridgehead atoms. The molecule has 1 aliphatic carbocycles. The Labute approximate surface area is 131 Å². The maximum atomic E-state index is 13.8. The van der Waals surface area contributed by atoms with Gasteiger partial charge in [0.2, 0.25) is 0 Å². The third-order valence-corrected chi connectivity index (χ3v) is 4.57. The summed E-state index contributed by atoms with van der Waals surface area (Å²) in [5.74, 6) is -1.33. The Hall–Kier alpha value is -2.42. The molecule has 0 saturated heterocycles. The highest BCUT2D eigenvalue weighted by Crippen LogP contribution is 2.44. The molecular formula is C14H8F4N4S. The van der Waals surface area contributed by atoms with Crippen LogP contribution in [0, 0.1) is 5.82 Å². The SMILES string of the molecule is Nc1nc2c(s1)-c1c(cnn1-c1cccc(F)c1C(F)(F)F)C2. The van der Waals surface area contributed by atoms with E-state index >= 15 is 0 Å². The summed E-state index contributed by atoms with van der Waals surface area (Å²) in [6.45, 7) is 0. The van der Waals surface area contributed by atoms with Crippen LogP contribution < -0.4 is 5.73 Å². The Morgan fingerprint density at radius 2 is 2.04 bits per heavy atom. The van der Waals surface area contributed by atoms with Crippen LogP contribution in [0.3, 0.4) is 0 Å². The van der Waals surface area contributed by atoms with E-state index in [2.05, 4.69) is 10.1 Å². The summed E-state index contributed by atoms with van der Waals surface area (Å²) >= 11 is 1.18. The van der Waals surface area contributed by atoms with E-state index in [-0.39, 0.29) is 5.69 Å². The van der Waals surface area contributed by atoms with Gasteiger partial charge >= 0.3 is 6.18 Å². The molecule has 118 valence electrons. The van der Waals surface area contributed by atoms with Gasteiger partial charge in [0.15, 0.2) is 5.13 Å². The molecule has 2 aromatic heterocycles. The van der Waals surface area contributed by atoms with E-state index in [9.17, 15) is 17.6 Å². The molecule has 0 radical (unpaired) electrons. The van der Waals surface area contributed by atoms with Crippen LogP contribution in [0.2, 0.25) is 0 Å². The van der Waals surface area contributed by atoms with Crippen LogP contribution in [0.5, 0.6) is 0 Å². The van der Waals surface area contributed by atoms with Gasteiger partial charge in [0.25, 0.3) is 0 Å². The number of nitrogens with zero attached hydrogens (tertiary/aromatic N) is 3. The van der Waals surface area contributed by atoms with E-state index in [0.29, 0.717) is 27.8 Å². The van der Waals surface area contributed by atoms with Crippen molar-refractivity contribution in [1.29, 1.82) is 0 Å². The topological polar surface area (TPSA) is 56.7 Å². The predicted molar refractivity (Wildman–Crippen MR) is 76.9 cm³/mol. The van der Waals surface area contributed by atoms with Crippen molar-refractivity contribution in [3.8, 4) is 16.3 Å². The van der Waals surface area contributed by atoms with Gasteiger partial charge in [0, 0.05) is 12.0 Å². The van der Waals surface area contributed by atoms with Crippen molar-refractivity contribution in [3.05, 3.63) is 47.0 Å². The lowest BCUT2D eigenvalue weighted by Crippen LogP contribution is -2.14. The van der Waals surface area contributed by atoms with Gasteiger partial charge in [-0.05, 0) is 12.1 Å². The summed E-state index contributed by atoms with van der Waals surface area (Å²) in [5.41, 5.74) is 5.92. The summed E-state index contributed by atoms with van der Waals surface area (Å²) in [7, 11) is 0. The first-order chi connectivity index (χ1) is 10.9. The Morgan fingerprint density at radius 3 is 2.78 bits per heavy atom. The number of anilines is 1. The van der Waals surface area contributed by atoms with Crippen LogP contribution in [0.4, 0.5) is 22.7 Å². The van der Waals surface area contributed by atoms with Crippen molar-refractivity contribution in [2.45, 2.75) is 12.6 Å². The normalized spacial score (nSPS) is 13.2. The Morgan fingerprint density at radius 1 is 1.26 bits per heavy atom. The van der Waals surface area contributed by atoms with Crippen LogP contribution in [0.15, 0.2) is 24.4 Å². The zero-order valence-electron chi connectivity index (χ0n) is 11.4. The average molecular weight is 340 g/mol. The van der Waals surface area contributed by atoms with Gasteiger partial charge in [0.05, 0.1) is 28.1 Å². The second kappa shape index (κ2) is 4.54. The lowest BCUT2D eigenvalue weighted by molar-refractivity contribution is -0.139. The number of fused-ring (bicyclic) bond motifs is 3. The van der Waals surface area contributed by atoms with Crippen molar-refractivity contribution in [2.24, 2.45) is 0 Å². The van der Waals surface area contributed by atoms with Gasteiger partial charge in [-0.15, -0.1) is 0 Å². The van der Waals surface area contributed by atoms with E-state index in [1.165, 1.54) is 29.7 Å². The number of nitrogens with two attached hydrogens (primary N) is 1. The number of aromatic nitrogens is 3. The predicted octanol–water partition coefficient (Wildman–Crippen LogP) is 3.64. The number of hydrogen-bond acceptors (Lipinski definition) is 4. The summed E-state index contributed by atoms with van der Waals surface area (Å²) in [4.78, 5) is 4.83. The van der Waals surface area contributed by atoms with Gasteiger partial charge in [-0.2, -0.15) is 18.3 Å². The van der Waals surface area contributed by atoms with Gasteiger partial charge in [-0.1, -0.05) is 17.4 Å². The smallest absolute Gasteiger partial charge is 0.375 e. The number of benzene rings is 1. The summed E-state index contributed by atoms with van der Waals surface area (Å²) in [6, 6.07) is 3.21. The third-order valence-electron chi connectivity index (χ3n) is 3.64. The molecule has 0 spiro atoms. The molecule has 3 aromatic rings. The molecule has 0 saturated carbocycles. The van der Waals surface area contributed by atoms with E-state index in [4.69, 9.17) is 5.73 Å². The van der Waals surface area contributed by atoms with E-state index in [1.54, 1.807) is 0 Å². The first-order valence-corrected chi connectivity index (χ1v) is 7.36. The molecule has 4 nitrogen and oxygen atoms in total. The number of nitrogen functional groups attached to an aromatic ring is 1. The highest BCUT2D eigenvalue weighted by molar-refractivity contribution is 7.19. The van der Waals surface area contributed by atoms with Crippen molar-refractivity contribution < 1.29 is 17.6 Å². The van der Waals surface area contributed by atoms with Crippen LogP contribution in [-0.4, -0.2) is 14.8 Å². The lowest BCUT2D eigenvalue weighted by atomic mass is 10.1. The van der Waals surface area contributed by atoms with E-state index in [1.807, 2.05) is 0 Å². The molecule has 0 amide bonds. The minimum atomic E-state index is -4.83. The fourth-order valence-corrected chi connectivity index (χ4v) is 3.68. The zero-order chi connectivity index (χ0) is 16.4. The molecule has 2 N–H and O–H groups in total. The molecule has 4 rings (SSSR count). The van der Waals surface area contributed by atoms with Crippen LogP contribution >= 0.6 is 11.3 Å².